The van der Waals surface area contributed by atoms with Gasteiger partial charge in [-0.1, -0.05) is 48.0 Å². The Bertz CT molecular complexity index is 1230. The van der Waals surface area contributed by atoms with Crippen LogP contribution in [-0.4, -0.2) is 32.4 Å². The minimum Gasteiger partial charge on any atom is -0.456 e. The van der Waals surface area contributed by atoms with Crippen molar-refractivity contribution in [2.75, 3.05) is 13.1 Å². The van der Waals surface area contributed by atoms with Crippen molar-refractivity contribution in [1.29, 1.82) is 5.26 Å². The molecular formula is C24H22ClN3O3S. The van der Waals surface area contributed by atoms with Crippen LogP contribution >= 0.6 is 11.6 Å². The van der Waals surface area contributed by atoms with Gasteiger partial charge in [-0.05, 0) is 48.4 Å². The van der Waals surface area contributed by atoms with Gasteiger partial charge >= 0.3 is 0 Å². The zero-order valence-corrected chi connectivity index (χ0v) is 18.8. The summed E-state index contributed by atoms with van der Waals surface area (Å²) in [5, 5.41) is 9.56. The summed E-state index contributed by atoms with van der Waals surface area (Å²) in [7, 11) is -3.65. The van der Waals surface area contributed by atoms with E-state index in [9.17, 15) is 13.7 Å². The van der Waals surface area contributed by atoms with Crippen LogP contribution in [0, 0.1) is 11.3 Å². The topological polar surface area (TPSA) is 82.4 Å². The van der Waals surface area contributed by atoms with E-state index < -0.39 is 10.0 Å². The van der Waals surface area contributed by atoms with Crippen molar-refractivity contribution >= 4 is 21.6 Å². The number of nitrogens with zero attached hydrogens (tertiary/aromatic N) is 2. The molecule has 0 radical (unpaired) electrons. The molecule has 0 amide bonds. The highest BCUT2D eigenvalue weighted by Gasteiger charge is 2.27. The van der Waals surface area contributed by atoms with E-state index in [-0.39, 0.29) is 16.5 Å². The normalized spacial score (nSPS) is 16.6. The van der Waals surface area contributed by atoms with Gasteiger partial charge in [0.25, 0.3) is 0 Å². The molecule has 1 aliphatic heterocycles. The molecule has 0 bridgehead atoms. The van der Waals surface area contributed by atoms with Gasteiger partial charge in [-0.2, -0.15) is 5.26 Å². The van der Waals surface area contributed by atoms with Gasteiger partial charge in [0.2, 0.25) is 10.0 Å². The second-order valence-corrected chi connectivity index (χ2v) is 9.75. The van der Waals surface area contributed by atoms with Crippen LogP contribution in [-0.2, 0) is 16.6 Å². The van der Waals surface area contributed by atoms with Gasteiger partial charge in [0.05, 0.1) is 9.92 Å². The Labute approximate surface area is 193 Å². The van der Waals surface area contributed by atoms with Crippen LogP contribution in [0.1, 0.15) is 17.5 Å². The van der Waals surface area contributed by atoms with Crippen molar-refractivity contribution in [2.45, 2.75) is 23.9 Å². The van der Waals surface area contributed by atoms with Crippen molar-refractivity contribution in [3.8, 4) is 17.6 Å². The summed E-state index contributed by atoms with van der Waals surface area (Å²) < 4.78 is 34.2. The van der Waals surface area contributed by atoms with Crippen molar-refractivity contribution < 1.29 is 13.2 Å². The van der Waals surface area contributed by atoms with E-state index in [0.29, 0.717) is 23.1 Å². The highest BCUT2D eigenvalue weighted by atomic mass is 35.5. The average molecular weight is 468 g/mol. The van der Waals surface area contributed by atoms with Gasteiger partial charge in [0.1, 0.15) is 23.1 Å². The van der Waals surface area contributed by atoms with Crippen molar-refractivity contribution in [3.05, 3.63) is 88.9 Å². The molecule has 0 aliphatic carbocycles. The van der Waals surface area contributed by atoms with E-state index in [4.69, 9.17) is 16.3 Å². The molecule has 0 aromatic heterocycles. The van der Waals surface area contributed by atoms with Crippen LogP contribution < -0.4 is 9.46 Å². The van der Waals surface area contributed by atoms with E-state index in [1.165, 1.54) is 17.7 Å². The molecule has 8 heteroatoms. The highest BCUT2D eigenvalue weighted by molar-refractivity contribution is 7.89. The molecular weight excluding hydrogens is 446 g/mol. The number of benzene rings is 3. The molecule has 1 aliphatic rings. The number of sulfonamides is 1. The molecule has 1 N–H and O–H groups in total. The second kappa shape index (κ2) is 9.72. The number of likely N-dealkylation sites (tertiary alicyclic amines) is 1. The van der Waals surface area contributed by atoms with Gasteiger partial charge in [0, 0.05) is 25.7 Å². The van der Waals surface area contributed by atoms with Crippen molar-refractivity contribution in [1.82, 2.24) is 9.62 Å². The maximum Gasteiger partial charge on any atom is 0.240 e. The second-order valence-electron chi connectivity index (χ2n) is 7.63. The monoisotopic (exact) mass is 467 g/mol. The smallest absolute Gasteiger partial charge is 0.240 e. The Morgan fingerprint density at radius 1 is 1.06 bits per heavy atom. The highest BCUT2D eigenvalue weighted by Crippen LogP contribution is 2.30. The van der Waals surface area contributed by atoms with E-state index in [0.717, 1.165) is 19.5 Å². The van der Waals surface area contributed by atoms with E-state index >= 15 is 0 Å². The number of ether oxygens (including phenoxy) is 1. The number of hydrogen-bond donors (Lipinski definition) is 1. The predicted molar refractivity (Wildman–Crippen MR) is 123 cm³/mol. The molecule has 164 valence electrons. The number of hydrogen-bond acceptors (Lipinski definition) is 5. The van der Waals surface area contributed by atoms with Gasteiger partial charge in [0.15, 0.2) is 0 Å². The Morgan fingerprint density at radius 2 is 1.81 bits per heavy atom. The molecule has 6 nitrogen and oxygen atoms in total. The first-order valence-electron chi connectivity index (χ1n) is 10.2. The summed E-state index contributed by atoms with van der Waals surface area (Å²) in [6.07, 6.45) is 0.763. The van der Waals surface area contributed by atoms with Gasteiger partial charge in [-0.25, -0.2) is 13.1 Å². The molecule has 1 heterocycles. The maximum atomic E-state index is 12.8. The van der Waals surface area contributed by atoms with Crippen molar-refractivity contribution in [2.24, 2.45) is 0 Å². The Balaban J connectivity index is 1.38. The van der Waals surface area contributed by atoms with Crippen molar-refractivity contribution in [3.63, 3.8) is 0 Å². The average Bonchev–Trinajstić information content (AvgIpc) is 3.21. The quantitative estimate of drug-likeness (QED) is 0.551. The molecule has 1 atom stereocenters. The fourth-order valence-electron chi connectivity index (χ4n) is 3.71. The first-order chi connectivity index (χ1) is 15.4. The summed E-state index contributed by atoms with van der Waals surface area (Å²) in [5.74, 6) is 0.732. The molecule has 0 spiro atoms. The predicted octanol–water partition coefficient (Wildman–Crippen LogP) is 4.56. The standard InChI is InChI=1S/C24H22ClN3O3S/c25-23-7-4-8-24(22(23)15-26)31-20-9-11-21(12-10-20)32(29,30)27-19-13-14-28(17-19)16-18-5-2-1-3-6-18/h1-12,19,27H,13-14,16-17H2. The third-order valence-electron chi connectivity index (χ3n) is 5.29. The lowest BCUT2D eigenvalue weighted by Crippen LogP contribution is -2.36. The van der Waals surface area contributed by atoms with Crippen LogP contribution in [0.3, 0.4) is 0 Å². The lowest BCUT2D eigenvalue weighted by atomic mass is 10.2. The number of nitrogens with one attached hydrogen (secondary N) is 1. The van der Waals surface area contributed by atoms with E-state index in [1.54, 1.807) is 30.3 Å². The molecule has 1 fully saturated rings. The van der Waals surface area contributed by atoms with E-state index in [1.807, 2.05) is 24.3 Å². The van der Waals surface area contributed by atoms with Gasteiger partial charge in [-0.15, -0.1) is 0 Å². The first-order valence-corrected chi connectivity index (χ1v) is 12.1. The lowest BCUT2D eigenvalue weighted by Gasteiger charge is -2.17. The fourth-order valence-corrected chi connectivity index (χ4v) is 5.18. The van der Waals surface area contributed by atoms with E-state index in [2.05, 4.69) is 21.8 Å². The minimum atomic E-state index is -3.65. The third kappa shape index (κ3) is 5.29. The number of rotatable bonds is 7. The zero-order valence-electron chi connectivity index (χ0n) is 17.2. The Kier molecular flexibility index (Phi) is 6.77. The van der Waals surface area contributed by atoms with Crippen LogP contribution in [0.15, 0.2) is 77.7 Å². The largest absolute Gasteiger partial charge is 0.456 e. The molecule has 1 saturated heterocycles. The Morgan fingerprint density at radius 3 is 2.53 bits per heavy atom. The number of nitriles is 1. The molecule has 32 heavy (non-hydrogen) atoms. The Hall–Kier alpha value is -2.89. The summed E-state index contributed by atoms with van der Waals surface area (Å²) in [6.45, 7) is 2.32. The lowest BCUT2D eigenvalue weighted by molar-refractivity contribution is 0.324. The molecule has 1 unspecified atom stereocenters. The zero-order chi connectivity index (χ0) is 22.6. The molecule has 3 aromatic rings. The molecule has 4 rings (SSSR count). The maximum absolute atomic E-state index is 12.8. The molecule has 3 aromatic carbocycles. The summed E-state index contributed by atoms with van der Waals surface area (Å²) >= 11 is 6.02. The van der Waals surface area contributed by atoms with Crippen LogP contribution in [0.2, 0.25) is 5.02 Å². The van der Waals surface area contributed by atoms with Gasteiger partial charge < -0.3 is 4.74 Å². The third-order valence-corrected chi connectivity index (χ3v) is 7.14. The van der Waals surface area contributed by atoms with Crippen LogP contribution in [0.4, 0.5) is 0 Å². The van der Waals surface area contributed by atoms with Crippen LogP contribution in [0.25, 0.3) is 0 Å². The summed E-state index contributed by atoms with van der Waals surface area (Å²) in [6, 6.07) is 23.1. The molecule has 0 saturated carbocycles. The summed E-state index contributed by atoms with van der Waals surface area (Å²) in [5.41, 5.74) is 1.44. The summed E-state index contributed by atoms with van der Waals surface area (Å²) in [4.78, 5) is 2.41. The van der Waals surface area contributed by atoms with Crippen LogP contribution in [0.5, 0.6) is 11.5 Å². The van der Waals surface area contributed by atoms with Gasteiger partial charge in [-0.3, -0.25) is 4.90 Å². The first kappa shape index (κ1) is 22.3. The number of halogens is 1. The SMILES string of the molecule is N#Cc1c(Cl)cccc1Oc1ccc(S(=O)(=O)NC2CCN(Cc3ccccc3)C2)cc1. The fraction of sp³-hybridized carbons (Fsp3) is 0.208. The minimum absolute atomic E-state index is 0.135.